The van der Waals surface area contributed by atoms with Gasteiger partial charge in [-0.2, -0.15) is 0 Å². The van der Waals surface area contributed by atoms with Gasteiger partial charge in [-0.25, -0.2) is 12.7 Å². The van der Waals surface area contributed by atoms with E-state index in [4.69, 9.17) is 5.73 Å². The summed E-state index contributed by atoms with van der Waals surface area (Å²) in [6.07, 6.45) is 6.71. The molecule has 4 nitrogen and oxygen atoms in total. The van der Waals surface area contributed by atoms with Crippen molar-refractivity contribution in [3.05, 3.63) is 0 Å². The number of hydrogen-bond donors (Lipinski definition) is 1. The van der Waals surface area contributed by atoms with E-state index in [-0.39, 0.29) is 11.8 Å². The lowest BCUT2D eigenvalue weighted by Gasteiger charge is -2.29. The van der Waals surface area contributed by atoms with Gasteiger partial charge in [0.1, 0.15) is 0 Å². The molecule has 0 saturated heterocycles. The quantitative estimate of drug-likeness (QED) is 0.773. The number of sulfonamides is 1. The largest absolute Gasteiger partial charge is 0.326 e. The zero-order chi connectivity index (χ0) is 13.6. The Morgan fingerprint density at radius 2 is 1.83 bits per heavy atom. The maximum absolute atomic E-state index is 12.3. The highest BCUT2D eigenvalue weighted by Gasteiger charge is 2.28. The normalized spacial score (nSPS) is 20.2. The summed E-state index contributed by atoms with van der Waals surface area (Å²) in [5.41, 5.74) is 6.12. The molecule has 1 unspecified atom stereocenters. The molecule has 0 heterocycles. The first-order valence-corrected chi connectivity index (χ1v) is 8.85. The molecule has 0 bridgehead atoms. The molecular weight excluding hydrogens is 248 g/mol. The molecule has 5 heteroatoms. The van der Waals surface area contributed by atoms with Gasteiger partial charge in [-0.3, -0.25) is 0 Å². The monoisotopic (exact) mass is 276 g/mol. The zero-order valence-corrected chi connectivity index (χ0v) is 12.6. The average molecular weight is 276 g/mol. The van der Waals surface area contributed by atoms with Gasteiger partial charge in [-0.05, 0) is 25.2 Å². The Kier molecular flexibility index (Phi) is 6.60. The Balaban J connectivity index is 2.57. The zero-order valence-electron chi connectivity index (χ0n) is 11.8. The van der Waals surface area contributed by atoms with Crippen LogP contribution < -0.4 is 5.73 Å². The van der Waals surface area contributed by atoms with E-state index in [0.29, 0.717) is 19.0 Å². The first kappa shape index (κ1) is 15.9. The predicted octanol–water partition coefficient (Wildman–Crippen LogP) is 1.96. The molecular formula is C13H28N2O2S. The molecule has 2 N–H and O–H groups in total. The summed E-state index contributed by atoms with van der Waals surface area (Å²) in [4.78, 5) is 0. The third-order valence-corrected chi connectivity index (χ3v) is 5.91. The van der Waals surface area contributed by atoms with Crippen LogP contribution in [-0.4, -0.2) is 37.6 Å². The molecule has 18 heavy (non-hydrogen) atoms. The Labute approximate surface area is 112 Å². The molecule has 0 aromatic rings. The van der Waals surface area contributed by atoms with Crippen molar-refractivity contribution in [2.24, 2.45) is 11.7 Å². The van der Waals surface area contributed by atoms with Crippen molar-refractivity contribution in [1.29, 1.82) is 0 Å². The highest BCUT2D eigenvalue weighted by molar-refractivity contribution is 7.89. The summed E-state index contributed by atoms with van der Waals surface area (Å²) in [7, 11) is -3.17. The van der Waals surface area contributed by atoms with E-state index >= 15 is 0 Å². The average Bonchev–Trinajstić information content (AvgIpc) is 2.36. The molecule has 0 radical (unpaired) electrons. The smallest absolute Gasteiger partial charge is 0.215 e. The van der Waals surface area contributed by atoms with E-state index in [9.17, 15) is 8.42 Å². The minimum absolute atomic E-state index is 0.117. The molecule has 0 aromatic heterocycles. The summed E-state index contributed by atoms with van der Waals surface area (Å²) in [5.74, 6) is 0.514. The molecule has 1 aliphatic rings. The van der Waals surface area contributed by atoms with Gasteiger partial charge >= 0.3 is 0 Å². The number of nitrogens with zero attached hydrogens (tertiary/aromatic N) is 1. The van der Waals surface area contributed by atoms with Crippen molar-refractivity contribution in [3.63, 3.8) is 0 Å². The van der Waals surface area contributed by atoms with Crippen LogP contribution >= 0.6 is 0 Å². The van der Waals surface area contributed by atoms with Crippen LogP contribution in [0, 0.1) is 5.92 Å². The van der Waals surface area contributed by atoms with Crippen molar-refractivity contribution in [1.82, 2.24) is 4.31 Å². The number of hydrogen-bond acceptors (Lipinski definition) is 3. The van der Waals surface area contributed by atoms with Crippen molar-refractivity contribution >= 4 is 10.0 Å². The summed E-state index contributed by atoms with van der Waals surface area (Å²) in [6.45, 7) is 5.04. The Bertz CT molecular complexity index is 324. The van der Waals surface area contributed by atoms with Crippen molar-refractivity contribution in [3.8, 4) is 0 Å². The van der Waals surface area contributed by atoms with Gasteiger partial charge in [0.25, 0.3) is 0 Å². The first-order chi connectivity index (χ1) is 8.51. The second-order valence-corrected chi connectivity index (χ2v) is 7.35. The molecule has 1 saturated carbocycles. The summed E-state index contributed by atoms with van der Waals surface area (Å²) >= 11 is 0. The topological polar surface area (TPSA) is 63.4 Å². The predicted molar refractivity (Wildman–Crippen MR) is 75.9 cm³/mol. The Hall–Kier alpha value is -0.130. The van der Waals surface area contributed by atoms with Gasteiger partial charge in [-0.1, -0.05) is 33.1 Å². The fourth-order valence-corrected chi connectivity index (χ4v) is 4.61. The summed E-state index contributed by atoms with van der Waals surface area (Å²) in [6, 6.07) is -0.193. The van der Waals surface area contributed by atoms with Crippen LogP contribution in [0.5, 0.6) is 0 Å². The van der Waals surface area contributed by atoms with Crippen LogP contribution in [0.15, 0.2) is 0 Å². The fourth-order valence-electron chi connectivity index (χ4n) is 2.79. The molecule has 1 rings (SSSR count). The van der Waals surface area contributed by atoms with E-state index in [1.165, 1.54) is 19.3 Å². The van der Waals surface area contributed by atoms with E-state index in [1.54, 1.807) is 4.31 Å². The molecule has 0 aliphatic heterocycles. The lowest BCUT2D eigenvalue weighted by atomic mass is 9.85. The highest BCUT2D eigenvalue weighted by Crippen LogP contribution is 2.26. The van der Waals surface area contributed by atoms with Crippen LogP contribution in [0.25, 0.3) is 0 Å². The van der Waals surface area contributed by atoms with Crippen molar-refractivity contribution < 1.29 is 8.42 Å². The maximum Gasteiger partial charge on any atom is 0.215 e. The first-order valence-electron chi connectivity index (χ1n) is 7.24. The van der Waals surface area contributed by atoms with Crippen LogP contribution in [0.1, 0.15) is 52.4 Å². The highest BCUT2D eigenvalue weighted by atomic mass is 32.2. The van der Waals surface area contributed by atoms with Crippen LogP contribution in [0.4, 0.5) is 0 Å². The summed E-state index contributed by atoms with van der Waals surface area (Å²) in [5, 5.41) is 0. The van der Waals surface area contributed by atoms with E-state index in [1.807, 2.05) is 13.8 Å². The molecule has 1 fully saturated rings. The standard InChI is InChI=1S/C13H28N2O2S/c1-3-10-15(4-2)18(16,17)11-13(14)12-8-6-5-7-9-12/h12-13H,3-11,14H2,1-2H3. The van der Waals surface area contributed by atoms with Gasteiger partial charge in [0.2, 0.25) is 10.0 Å². The van der Waals surface area contributed by atoms with Crippen molar-refractivity contribution in [2.45, 2.75) is 58.4 Å². The maximum atomic E-state index is 12.3. The molecule has 0 aromatic carbocycles. The Morgan fingerprint density at radius 1 is 1.22 bits per heavy atom. The van der Waals surface area contributed by atoms with Gasteiger partial charge in [0.05, 0.1) is 5.75 Å². The molecule has 108 valence electrons. The van der Waals surface area contributed by atoms with Crippen molar-refractivity contribution in [2.75, 3.05) is 18.8 Å². The number of nitrogens with two attached hydrogens (primary N) is 1. The molecule has 0 amide bonds. The fraction of sp³-hybridized carbons (Fsp3) is 1.00. The Morgan fingerprint density at radius 3 is 2.33 bits per heavy atom. The van der Waals surface area contributed by atoms with Crippen LogP contribution in [0.2, 0.25) is 0 Å². The third kappa shape index (κ3) is 4.52. The molecule has 0 spiro atoms. The third-order valence-electron chi connectivity index (χ3n) is 3.88. The van der Waals surface area contributed by atoms with Gasteiger partial charge in [0, 0.05) is 19.1 Å². The SMILES string of the molecule is CCCN(CC)S(=O)(=O)CC(N)C1CCCCC1. The molecule has 1 atom stereocenters. The summed E-state index contributed by atoms with van der Waals surface area (Å²) < 4.78 is 26.1. The van der Waals surface area contributed by atoms with Gasteiger partial charge < -0.3 is 5.73 Å². The lowest BCUT2D eigenvalue weighted by Crippen LogP contribution is -2.43. The van der Waals surface area contributed by atoms with Crippen LogP contribution in [-0.2, 0) is 10.0 Å². The minimum atomic E-state index is -3.17. The van der Waals surface area contributed by atoms with E-state index in [0.717, 1.165) is 19.3 Å². The minimum Gasteiger partial charge on any atom is -0.326 e. The van der Waals surface area contributed by atoms with Gasteiger partial charge in [-0.15, -0.1) is 0 Å². The van der Waals surface area contributed by atoms with Crippen LogP contribution in [0.3, 0.4) is 0 Å². The lowest BCUT2D eigenvalue weighted by molar-refractivity contribution is 0.313. The second kappa shape index (κ2) is 7.46. The number of rotatable bonds is 7. The van der Waals surface area contributed by atoms with E-state index in [2.05, 4.69) is 0 Å². The second-order valence-electron chi connectivity index (χ2n) is 5.33. The van der Waals surface area contributed by atoms with Gasteiger partial charge in [0.15, 0.2) is 0 Å². The van der Waals surface area contributed by atoms with E-state index < -0.39 is 10.0 Å². The molecule has 1 aliphatic carbocycles.